The molecule has 1 aliphatic rings. The van der Waals surface area contributed by atoms with Crippen LogP contribution in [0.25, 0.3) is 6.08 Å². The van der Waals surface area contributed by atoms with E-state index in [0.717, 1.165) is 4.90 Å². The molecule has 0 unspecified atom stereocenters. The van der Waals surface area contributed by atoms with Gasteiger partial charge in [0.1, 0.15) is 11.3 Å². The minimum absolute atomic E-state index is 0.0389. The van der Waals surface area contributed by atoms with Crippen LogP contribution >= 0.6 is 0 Å². The van der Waals surface area contributed by atoms with E-state index in [-0.39, 0.29) is 12.1 Å². The van der Waals surface area contributed by atoms with Crippen LogP contribution in [0.1, 0.15) is 5.76 Å². The van der Waals surface area contributed by atoms with Crippen LogP contribution in [-0.2, 0) is 9.59 Å². The van der Waals surface area contributed by atoms with Crippen molar-refractivity contribution in [2.75, 3.05) is 6.54 Å². The number of barbiturate groups is 1. The first-order valence-corrected chi connectivity index (χ1v) is 5.83. The fraction of sp³-hybridized carbons (Fsp3) is 0.0714. The fourth-order valence-electron chi connectivity index (χ4n) is 1.63. The number of hydrogen-bond donors (Lipinski definition) is 1. The quantitative estimate of drug-likeness (QED) is 0.511. The number of carbonyl (C=O) groups is 3. The second-order valence-corrected chi connectivity index (χ2v) is 3.92. The fourth-order valence-corrected chi connectivity index (χ4v) is 1.63. The maximum atomic E-state index is 12.0. The van der Waals surface area contributed by atoms with Crippen LogP contribution in [0, 0.1) is 0 Å². The summed E-state index contributed by atoms with van der Waals surface area (Å²) in [5.41, 5.74) is -0.116. The molecule has 1 aliphatic heterocycles. The molecule has 1 N–H and O–H groups in total. The summed E-state index contributed by atoms with van der Waals surface area (Å²) in [6.07, 6.45) is 7.36. The van der Waals surface area contributed by atoms with Gasteiger partial charge < -0.3 is 4.42 Å². The van der Waals surface area contributed by atoms with E-state index in [4.69, 9.17) is 4.42 Å². The third-order valence-corrected chi connectivity index (χ3v) is 2.56. The maximum absolute atomic E-state index is 12.0. The topological polar surface area (TPSA) is 79.6 Å². The Hall–Kier alpha value is -2.89. The Balaban J connectivity index is 2.20. The van der Waals surface area contributed by atoms with Gasteiger partial charge in [-0.25, -0.2) is 4.79 Å². The first-order valence-electron chi connectivity index (χ1n) is 5.83. The molecule has 0 saturated carbocycles. The van der Waals surface area contributed by atoms with E-state index < -0.39 is 17.8 Å². The lowest BCUT2D eigenvalue weighted by Gasteiger charge is -2.24. The Morgan fingerprint density at radius 1 is 1.35 bits per heavy atom. The number of amides is 4. The summed E-state index contributed by atoms with van der Waals surface area (Å²) >= 11 is 0. The van der Waals surface area contributed by atoms with Gasteiger partial charge in [0.25, 0.3) is 11.8 Å². The zero-order valence-electron chi connectivity index (χ0n) is 10.5. The molecule has 0 aliphatic carbocycles. The summed E-state index contributed by atoms with van der Waals surface area (Å²) in [6, 6.07) is 2.70. The van der Waals surface area contributed by atoms with Crippen molar-refractivity contribution in [2.45, 2.75) is 0 Å². The molecule has 1 aromatic rings. The molecule has 102 valence electrons. The number of carbonyl (C=O) groups excluding carboxylic acids is 3. The van der Waals surface area contributed by atoms with Gasteiger partial charge in [-0.1, -0.05) is 12.2 Å². The summed E-state index contributed by atoms with van der Waals surface area (Å²) in [7, 11) is 0. The van der Waals surface area contributed by atoms with Crippen molar-refractivity contribution in [3.8, 4) is 0 Å². The molecular weight excluding hydrogens is 260 g/mol. The number of urea groups is 1. The number of hydrogen-bond acceptors (Lipinski definition) is 4. The molecule has 4 amide bonds. The normalized spacial score (nSPS) is 17.9. The molecule has 0 spiro atoms. The van der Waals surface area contributed by atoms with Crippen molar-refractivity contribution in [1.82, 2.24) is 10.2 Å². The number of nitrogens with one attached hydrogen (secondary N) is 1. The van der Waals surface area contributed by atoms with Gasteiger partial charge in [0.2, 0.25) is 0 Å². The number of furan rings is 1. The van der Waals surface area contributed by atoms with E-state index in [0.29, 0.717) is 5.76 Å². The smallest absolute Gasteiger partial charge is 0.331 e. The third kappa shape index (κ3) is 2.74. The van der Waals surface area contributed by atoms with Crippen LogP contribution in [0.4, 0.5) is 4.79 Å². The first-order chi connectivity index (χ1) is 9.63. The molecule has 0 radical (unpaired) electrons. The summed E-state index contributed by atoms with van der Waals surface area (Å²) in [5.74, 6) is -0.781. The lowest BCUT2D eigenvalue weighted by Crippen LogP contribution is -2.54. The maximum Gasteiger partial charge on any atom is 0.331 e. The van der Waals surface area contributed by atoms with E-state index in [9.17, 15) is 14.4 Å². The Kier molecular flexibility index (Phi) is 3.95. The van der Waals surface area contributed by atoms with Gasteiger partial charge in [0, 0.05) is 6.54 Å². The minimum atomic E-state index is -0.743. The SMILES string of the molecule is C=CCN1C(=O)NC(=O)/C(=C/C=C/c2ccco2)C1=O. The van der Waals surface area contributed by atoms with Crippen LogP contribution < -0.4 is 5.32 Å². The van der Waals surface area contributed by atoms with Gasteiger partial charge >= 0.3 is 6.03 Å². The van der Waals surface area contributed by atoms with Gasteiger partial charge in [-0.05, 0) is 24.3 Å². The largest absolute Gasteiger partial charge is 0.465 e. The molecule has 0 aromatic carbocycles. The van der Waals surface area contributed by atoms with E-state index in [1.807, 2.05) is 0 Å². The van der Waals surface area contributed by atoms with Crippen LogP contribution in [-0.4, -0.2) is 29.3 Å². The van der Waals surface area contributed by atoms with Crippen LogP contribution in [0.5, 0.6) is 0 Å². The summed E-state index contributed by atoms with van der Waals surface area (Å²) in [5, 5.41) is 2.09. The van der Waals surface area contributed by atoms with Crippen LogP contribution in [0.3, 0.4) is 0 Å². The van der Waals surface area contributed by atoms with Crippen molar-refractivity contribution in [3.05, 3.63) is 54.5 Å². The van der Waals surface area contributed by atoms with Gasteiger partial charge in [0.15, 0.2) is 0 Å². The summed E-state index contributed by atoms with van der Waals surface area (Å²) in [6.45, 7) is 3.50. The molecule has 6 nitrogen and oxygen atoms in total. The highest BCUT2D eigenvalue weighted by Crippen LogP contribution is 2.11. The second kappa shape index (κ2) is 5.83. The van der Waals surface area contributed by atoms with Crippen molar-refractivity contribution in [2.24, 2.45) is 0 Å². The number of nitrogens with zero attached hydrogens (tertiary/aromatic N) is 1. The lowest BCUT2D eigenvalue weighted by molar-refractivity contribution is -0.129. The highest BCUT2D eigenvalue weighted by Gasteiger charge is 2.34. The highest BCUT2D eigenvalue weighted by molar-refractivity contribution is 6.29. The van der Waals surface area contributed by atoms with Crippen molar-refractivity contribution in [3.63, 3.8) is 0 Å². The predicted molar refractivity (Wildman–Crippen MR) is 71.3 cm³/mol. The highest BCUT2D eigenvalue weighted by atomic mass is 16.3. The summed E-state index contributed by atoms with van der Waals surface area (Å²) in [4.78, 5) is 36.0. The first kappa shape index (κ1) is 13.5. The van der Waals surface area contributed by atoms with E-state index >= 15 is 0 Å². The van der Waals surface area contributed by atoms with E-state index in [1.165, 1.54) is 24.5 Å². The van der Waals surface area contributed by atoms with Crippen molar-refractivity contribution < 1.29 is 18.8 Å². The van der Waals surface area contributed by atoms with Gasteiger partial charge in [-0.2, -0.15) is 0 Å². The Morgan fingerprint density at radius 2 is 2.15 bits per heavy atom. The van der Waals surface area contributed by atoms with E-state index in [1.54, 1.807) is 18.2 Å². The summed E-state index contributed by atoms with van der Waals surface area (Å²) < 4.78 is 5.07. The van der Waals surface area contributed by atoms with Gasteiger partial charge in [0.05, 0.1) is 6.26 Å². The zero-order valence-corrected chi connectivity index (χ0v) is 10.5. The second-order valence-electron chi connectivity index (χ2n) is 3.92. The van der Waals surface area contributed by atoms with Gasteiger partial charge in [-0.3, -0.25) is 19.8 Å². The molecule has 1 aromatic heterocycles. The average molecular weight is 272 g/mol. The third-order valence-electron chi connectivity index (χ3n) is 2.56. The Morgan fingerprint density at radius 3 is 2.80 bits per heavy atom. The number of allylic oxidation sites excluding steroid dienone is 2. The molecule has 0 atom stereocenters. The molecule has 0 bridgehead atoms. The predicted octanol–water partition coefficient (Wildman–Crippen LogP) is 1.48. The average Bonchev–Trinajstić information content (AvgIpc) is 2.91. The molecule has 1 fully saturated rings. The molecule has 2 heterocycles. The Labute approximate surface area is 115 Å². The van der Waals surface area contributed by atoms with Crippen molar-refractivity contribution in [1.29, 1.82) is 0 Å². The molecular formula is C14H12N2O4. The molecule has 1 saturated heterocycles. The molecule has 20 heavy (non-hydrogen) atoms. The van der Waals surface area contributed by atoms with Crippen LogP contribution in [0.2, 0.25) is 0 Å². The standard InChI is InChI=1S/C14H12N2O4/c1-2-8-16-13(18)11(12(17)15-14(16)19)7-3-5-10-6-4-9-20-10/h2-7,9H,1,8H2,(H,15,17,19)/b5-3+,11-7-. The molecule has 2 rings (SSSR count). The number of rotatable bonds is 4. The lowest BCUT2D eigenvalue weighted by atomic mass is 10.1. The van der Waals surface area contributed by atoms with E-state index in [2.05, 4.69) is 11.9 Å². The Bertz CT molecular complexity index is 611. The molecule has 6 heteroatoms. The van der Waals surface area contributed by atoms with Crippen LogP contribution in [0.15, 0.2) is 53.2 Å². The zero-order chi connectivity index (χ0) is 14.5. The monoisotopic (exact) mass is 272 g/mol. The minimum Gasteiger partial charge on any atom is -0.465 e. The number of imide groups is 2. The van der Waals surface area contributed by atoms with Crippen molar-refractivity contribution >= 4 is 23.9 Å². The van der Waals surface area contributed by atoms with Gasteiger partial charge in [-0.15, -0.1) is 6.58 Å².